The first-order valence-electron chi connectivity index (χ1n) is 12.9. The van der Waals surface area contributed by atoms with Gasteiger partial charge in [0.25, 0.3) is 0 Å². The van der Waals surface area contributed by atoms with Gasteiger partial charge in [0.2, 0.25) is 11.5 Å². The van der Waals surface area contributed by atoms with Gasteiger partial charge in [0.05, 0.1) is 30.6 Å². The third-order valence-electron chi connectivity index (χ3n) is 7.17. The average molecular weight is 551 g/mol. The molecule has 1 aliphatic carbocycles. The van der Waals surface area contributed by atoms with Gasteiger partial charge in [-0.05, 0) is 25.0 Å². The normalized spacial score (nSPS) is 16.8. The predicted molar refractivity (Wildman–Crippen MR) is 138 cm³/mol. The fourth-order valence-corrected chi connectivity index (χ4v) is 5.63. The lowest BCUT2D eigenvalue weighted by Gasteiger charge is -2.33. The molecular weight excluding hydrogens is 517 g/mol. The average Bonchev–Trinajstić information content (AvgIpc) is 3.26. The Morgan fingerprint density at radius 2 is 2.05 bits per heavy atom. The molecule has 1 saturated carbocycles. The van der Waals surface area contributed by atoms with Gasteiger partial charge in [-0.2, -0.15) is 13.2 Å². The summed E-state index contributed by atoms with van der Waals surface area (Å²) in [6.45, 7) is 8.54. The number of hydrogen-bond donors (Lipinski definition) is 1. The van der Waals surface area contributed by atoms with Crippen LogP contribution in [-0.2, 0) is 23.4 Å². The molecule has 1 spiro atoms. The number of anilines is 1. The lowest BCUT2D eigenvalue weighted by atomic mass is 9.91. The highest BCUT2D eigenvalue weighted by molar-refractivity contribution is 6.76. The second kappa shape index (κ2) is 10.1. The number of Topliss-reactive ketones (excluding diaryl/α,β-unsaturated/α-hetero) is 1. The smallest absolute Gasteiger partial charge is 0.361 e. The van der Waals surface area contributed by atoms with E-state index in [1.807, 2.05) is 16.8 Å². The highest BCUT2D eigenvalue weighted by Crippen LogP contribution is 2.53. The topological polar surface area (TPSA) is 98.3 Å². The highest BCUT2D eigenvalue weighted by Gasteiger charge is 2.53. The summed E-state index contributed by atoms with van der Waals surface area (Å²) in [6.07, 6.45) is 0.0398. The number of alkyl halides is 3. The molecule has 38 heavy (non-hydrogen) atoms. The number of aromatic nitrogens is 4. The minimum absolute atomic E-state index is 0.106. The number of hydrogen-bond acceptors (Lipinski definition) is 8. The second-order valence-corrected chi connectivity index (χ2v) is 17.1. The van der Waals surface area contributed by atoms with Gasteiger partial charge in [-0.15, -0.1) is 0 Å². The Morgan fingerprint density at radius 1 is 1.26 bits per heavy atom. The zero-order valence-electron chi connectivity index (χ0n) is 21.9. The van der Waals surface area contributed by atoms with Crippen LogP contribution in [0.4, 0.5) is 19.0 Å². The monoisotopic (exact) mass is 550 g/mol. The van der Waals surface area contributed by atoms with Crippen molar-refractivity contribution in [1.82, 2.24) is 25.0 Å². The number of halogens is 3. The van der Waals surface area contributed by atoms with Gasteiger partial charge in [0.15, 0.2) is 0 Å². The van der Waals surface area contributed by atoms with E-state index in [2.05, 4.69) is 45.0 Å². The third kappa shape index (κ3) is 5.79. The van der Waals surface area contributed by atoms with E-state index in [0.29, 0.717) is 32.0 Å². The number of carbonyl (C=O) groups is 1. The van der Waals surface area contributed by atoms with E-state index in [-0.39, 0.29) is 24.3 Å². The van der Waals surface area contributed by atoms with Crippen molar-refractivity contribution in [2.75, 3.05) is 31.1 Å². The van der Waals surface area contributed by atoms with Crippen LogP contribution in [0.2, 0.25) is 25.7 Å². The van der Waals surface area contributed by atoms with Gasteiger partial charge in [-0.25, -0.2) is 9.97 Å². The van der Waals surface area contributed by atoms with Crippen molar-refractivity contribution >= 4 is 30.7 Å². The number of ketones is 1. The number of nitrogens with one attached hydrogen (secondary N) is 1. The summed E-state index contributed by atoms with van der Waals surface area (Å²) in [6, 6.07) is 3.06. The zero-order chi connectivity index (χ0) is 27.1. The van der Waals surface area contributed by atoms with E-state index in [0.717, 1.165) is 41.4 Å². The van der Waals surface area contributed by atoms with Gasteiger partial charge in [0, 0.05) is 44.9 Å². The lowest BCUT2D eigenvalue weighted by Crippen LogP contribution is -2.39. The molecule has 0 bridgehead atoms. The van der Waals surface area contributed by atoms with Crippen LogP contribution in [0.5, 0.6) is 0 Å². The summed E-state index contributed by atoms with van der Waals surface area (Å²) >= 11 is 0. The van der Waals surface area contributed by atoms with Crippen LogP contribution in [0.15, 0.2) is 23.1 Å². The number of rotatable bonds is 11. The summed E-state index contributed by atoms with van der Waals surface area (Å²) in [4.78, 5) is 24.1. The minimum Gasteiger partial charge on any atom is -0.361 e. The Labute approximate surface area is 219 Å². The summed E-state index contributed by atoms with van der Waals surface area (Å²) in [5.74, 6) is 0.456. The lowest BCUT2D eigenvalue weighted by molar-refractivity contribution is -0.133. The molecule has 0 atom stereocenters. The summed E-state index contributed by atoms with van der Waals surface area (Å²) in [7, 11) is -1.18. The highest BCUT2D eigenvalue weighted by atomic mass is 28.3. The molecule has 3 aromatic rings. The molecule has 4 heterocycles. The Bertz CT molecular complexity index is 1310. The largest absolute Gasteiger partial charge is 0.390 e. The van der Waals surface area contributed by atoms with Gasteiger partial charge in [0.1, 0.15) is 24.5 Å². The van der Waals surface area contributed by atoms with Gasteiger partial charge < -0.3 is 24.0 Å². The van der Waals surface area contributed by atoms with Crippen molar-refractivity contribution in [2.45, 2.75) is 69.8 Å². The summed E-state index contributed by atoms with van der Waals surface area (Å²) < 4.78 is 50.7. The van der Waals surface area contributed by atoms with E-state index in [9.17, 15) is 18.0 Å². The number of carbonyl (C=O) groups excluding carboxylic acids is 1. The molecule has 0 unspecified atom stereocenters. The molecule has 13 heteroatoms. The molecule has 2 aliphatic rings. The van der Waals surface area contributed by atoms with Gasteiger partial charge in [-0.3, -0.25) is 4.79 Å². The fourth-order valence-electron chi connectivity index (χ4n) is 4.87. The first kappa shape index (κ1) is 26.8. The van der Waals surface area contributed by atoms with Crippen LogP contribution < -0.4 is 10.2 Å². The van der Waals surface area contributed by atoms with E-state index in [1.54, 1.807) is 0 Å². The summed E-state index contributed by atoms with van der Waals surface area (Å²) in [5, 5.41) is 7.69. The summed E-state index contributed by atoms with van der Waals surface area (Å²) in [5.41, 5.74) is 2.04. The first-order chi connectivity index (χ1) is 18.0. The van der Waals surface area contributed by atoms with Gasteiger partial charge >= 0.3 is 6.18 Å². The zero-order valence-corrected chi connectivity index (χ0v) is 22.9. The SMILES string of the molecule is C[Si](C)(C)CCOCn1ccc2c(N3Cc4c(noc4C(=O)CNCCC(F)(F)F)C4(CC4)C3)ncnc21. The number of fused-ring (bicyclic) bond motifs is 3. The van der Waals surface area contributed by atoms with Crippen molar-refractivity contribution < 1.29 is 27.2 Å². The molecule has 206 valence electrons. The maximum atomic E-state index is 12.8. The molecule has 9 nitrogen and oxygen atoms in total. The Hall–Kier alpha value is -2.77. The van der Waals surface area contributed by atoms with Crippen LogP contribution in [0, 0.1) is 0 Å². The molecule has 0 amide bonds. The maximum Gasteiger partial charge on any atom is 0.390 e. The standard InChI is InChI=1S/C25H33F3N6O3Si/c1-38(2,3)11-10-36-16-33-9-4-17-22(33)30-15-31-23(17)34-13-18-20(19(35)12-29-8-7-25(26,27)28)37-32-21(18)24(14-34)5-6-24/h4,9,15,29H,5-8,10-14,16H2,1-3H3. The molecule has 0 saturated heterocycles. The predicted octanol–water partition coefficient (Wildman–Crippen LogP) is 4.51. The molecule has 3 aromatic heterocycles. The molecule has 0 radical (unpaired) electrons. The molecule has 1 N–H and O–H groups in total. The fraction of sp³-hybridized carbons (Fsp3) is 0.600. The minimum atomic E-state index is -4.28. The number of nitrogens with zero attached hydrogens (tertiary/aromatic N) is 5. The van der Waals surface area contributed by atoms with Crippen LogP contribution >= 0.6 is 0 Å². The van der Waals surface area contributed by atoms with Crippen molar-refractivity contribution in [3.8, 4) is 0 Å². The first-order valence-corrected chi connectivity index (χ1v) is 16.6. The Balaban J connectivity index is 1.32. The van der Waals surface area contributed by atoms with Gasteiger partial charge in [-0.1, -0.05) is 24.8 Å². The number of ether oxygens (including phenoxy) is 1. The Kier molecular flexibility index (Phi) is 7.11. The molecule has 1 aliphatic heterocycles. The maximum absolute atomic E-state index is 12.8. The van der Waals surface area contributed by atoms with E-state index < -0.39 is 26.5 Å². The van der Waals surface area contributed by atoms with Crippen LogP contribution in [0.1, 0.15) is 41.1 Å². The Morgan fingerprint density at radius 3 is 2.76 bits per heavy atom. The van der Waals surface area contributed by atoms with Crippen LogP contribution in [0.3, 0.4) is 0 Å². The molecular formula is C25H33F3N6O3Si. The molecule has 0 aromatic carbocycles. The van der Waals surface area contributed by atoms with E-state index >= 15 is 0 Å². The van der Waals surface area contributed by atoms with E-state index in [4.69, 9.17) is 9.26 Å². The second-order valence-electron chi connectivity index (χ2n) is 11.5. The van der Waals surface area contributed by atoms with Crippen LogP contribution in [-0.4, -0.2) is 66.0 Å². The van der Waals surface area contributed by atoms with Crippen LogP contribution in [0.25, 0.3) is 11.0 Å². The van der Waals surface area contributed by atoms with Crippen molar-refractivity contribution in [2.24, 2.45) is 0 Å². The quantitative estimate of drug-likeness (QED) is 0.212. The molecule has 5 rings (SSSR count). The van der Waals surface area contributed by atoms with Crippen molar-refractivity contribution in [3.63, 3.8) is 0 Å². The van der Waals surface area contributed by atoms with E-state index in [1.165, 1.54) is 6.33 Å². The third-order valence-corrected chi connectivity index (χ3v) is 8.88. The van der Waals surface area contributed by atoms with Crippen molar-refractivity contribution in [1.29, 1.82) is 0 Å². The van der Waals surface area contributed by atoms with Crippen molar-refractivity contribution in [3.05, 3.63) is 35.6 Å². The molecule has 1 fully saturated rings.